The summed E-state index contributed by atoms with van der Waals surface area (Å²) in [6, 6.07) is 0. The second-order valence-electron chi connectivity index (χ2n) is 2.72. The van der Waals surface area contributed by atoms with E-state index in [1.807, 2.05) is 19.6 Å². The van der Waals surface area contributed by atoms with Crippen LogP contribution in [-0.4, -0.2) is 20.2 Å². The van der Waals surface area contributed by atoms with Crippen LogP contribution in [0.2, 0.25) is 19.6 Å². The summed E-state index contributed by atoms with van der Waals surface area (Å²) in [6.07, 6.45) is 0. The van der Waals surface area contributed by atoms with Crippen LogP contribution in [0, 0.1) is 0 Å². The van der Waals surface area contributed by atoms with Crippen LogP contribution in [0.3, 0.4) is 0 Å². The van der Waals surface area contributed by atoms with Crippen LogP contribution in [0.4, 0.5) is 0 Å². The zero-order chi connectivity index (χ0) is 7.49. The monoisotopic (exact) mass is 166 g/mol. The Labute approximate surface area is 61.3 Å². The van der Waals surface area contributed by atoms with E-state index in [4.69, 9.17) is 16.0 Å². The van der Waals surface area contributed by atoms with Gasteiger partial charge in [-0.05, 0) is 19.6 Å². The van der Waals surface area contributed by atoms with Gasteiger partial charge >= 0.3 is 5.97 Å². The Bertz CT molecular complexity index is 108. The standard InChI is InChI=1S/C5H11ClO2Si/c1-9(2,3)8-5(7)4-6/h4H2,1-3H3. The minimum Gasteiger partial charge on any atom is -0.519 e. The Hall–Kier alpha value is -0.0231. The van der Waals surface area contributed by atoms with E-state index in [1.54, 1.807) is 0 Å². The SMILES string of the molecule is C[Si](C)(C)OC(=O)CCl. The first kappa shape index (κ1) is 8.98. The molecule has 0 N–H and O–H groups in total. The van der Waals surface area contributed by atoms with E-state index in [9.17, 15) is 4.79 Å². The van der Waals surface area contributed by atoms with Crippen LogP contribution in [-0.2, 0) is 9.22 Å². The lowest BCUT2D eigenvalue weighted by molar-refractivity contribution is -0.132. The third-order valence-corrected chi connectivity index (χ3v) is 1.59. The maximum Gasteiger partial charge on any atom is 0.307 e. The van der Waals surface area contributed by atoms with E-state index >= 15 is 0 Å². The van der Waals surface area contributed by atoms with Gasteiger partial charge < -0.3 is 4.43 Å². The van der Waals surface area contributed by atoms with Gasteiger partial charge in [-0.3, -0.25) is 4.79 Å². The van der Waals surface area contributed by atoms with E-state index in [-0.39, 0.29) is 11.8 Å². The van der Waals surface area contributed by atoms with Gasteiger partial charge in [0.15, 0.2) is 0 Å². The number of alkyl halides is 1. The second-order valence-corrected chi connectivity index (χ2v) is 7.42. The fourth-order valence-corrected chi connectivity index (χ4v) is 1.27. The summed E-state index contributed by atoms with van der Waals surface area (Å²) >= 11 is 5.21. The molecule has 2 nitrogen and oxygen atoms in total. The Balaban J connectivity index is 3.60. The maximum absolute atomic E-state index is 10.5. The molecule has 0 bridgehead atoms. The van der Waals surface area contributed by atoms with Crippen LogP contribution in [0.15, 0.2) is 0 Å². The van der Waals surface area contributed by atoms with Crippen LogP contribution in [0.5, 0.6) is 0 Å². The summed E-state index contributed by atoms with van der Waals surface area (Å²) in [7, 11) is -1.68. The molecule has 0 aliphatic heterocycles. The Morgan fingerprint density at radius 1 is 1.56 bits per heavy atom. The first-order chi connectivity index (χ1) is 3.95. The average molecular weight is 167 g/mol. The first-order valence-corrected chi connectivity index (χ1v) is 6.68. The van der Waals surface area contributed by atoms with Gasteiger partial charge in [0.25, 0.3) is 0 Å². The molecule has 54 valence electrons. The van der Waals surface area contributed by atoms with E-state index < -0.39 is 8.32 Å². The highest BCUT2D eigenvalue weighted by molar-refractivity contribution is 6.71. The van der Waals surface area contributed by atoms with Gasteiger partial charge in [-0.2, -0.15) is 0 Å². The minimum absolute atomic E-state index is 0.0374. The molecular weight excluding hydrogens is 156 g/mol. The highest BCUT2D eigenvalue weighted by atomic mass is 35.5. The summed E-state index contributed by atoms with van der Waals surface area (Å²) in [5, 5.41) is 0. The largest absolute Gasteiger partial charge is 0.519 e. The lowest BCUT2D eigenvalue weighted by Gasteiger charge is -2.15. The zero-order valence-electron chi connectivity index (χ0n) is 5.90. The number of halogens is 1. The highest BCUT2D eigenvalue weighted by Gasteiger charge is 2.18. The van der Waals surface area contributed by atoms with E-state index in [1.165, 1.54) is 0 Å². The van der Waals surface area contributed by atoms with Gasteiger partial charge in [-0.1, -0.05) is 0 Å². The van der Waals surface area contributed by atoms with Crippen LogP contribution in [0.25, 0.3) is 0 Å². The van der Waals surface area contributed by atoms with Crippen molar-refractivity contribution in [3.63, 3.8) is 0 Å². The molecular formula is C5H11ClO2Si. The molecule has 0 aromatic rings. The number of carbonyl (C=O) groups is 1. The number of hydrogen-bond acceptors (Lipinski definition) is 2. The lowest BCUT2D eigenvalue weighted by Crippen LogP contribution is -2.29. The first-order valence-electron chi connectivity index (χ1n) is 2.73. The Morgan fingerprint density at radius 3 is 2.11 bits per heavy atom. The van der Waals surface area contributed by atoms with Gasteiger partial charge in [0.2, 0.25) is 8.32 Å². The van der Waals surface area contributed by atoms with Crippen molar-refractivity contribution in [3.05, 3.63) is 0 Å². The maximum atomic E-state index is 10.5. The van der Waals surface area contributed by atoms with Crippen molar-refractivity contribution in [3.8, 4) is 0 Å². The molecule has 0 unspecified atom stereocenters. The molecule has 0 spiro atoms. The highest BCUT2D eigenvalue weighted by Crippen LogP contribution is 2.02. The molecule has 0 heterocycles. The third-order valence-electron chi connectivity index (χ3n) is 0.529. The molecule has 0 saturated carbocycles. The number of carbonyl (C=O) groups excluding carboxylic acids is 1. The number of hydrogen-bond donors (Lipinski definition) is 0. The van der Waals surface area contributed by atoms with Crippen molar-refractivity contribution < 1.29 is 9.22 Å². The summed E-state index contributed by atoms with van der Waals surface area (Å²) < 4.78 is 4.95. The Morgan fingerprint density at radius 2 is 2.00 bits per heavy atom. The quantitative estimate of drug-likeness (QED) is 0.460. The molecule has 0 rings (SSSR count). The van der Waals surface area contributed by atoms with Crippen molar-refractivity contribution in [1.29, 1.82) is 0 Å². The summed E-state index contributed by atoms with van der Waals surface area (Å²) in [6.45, 7) is 5.83. The molecule has 4 heteroatoms. The van der Waals surface area contributed by atoms with Crippen molar-refractivity contribution in [1.82, 2.24) is 0 Å². The summed E-state index contributed by atoms with van der Waals surface area (Å²) in [5.74, 6) is -0.347. The van der Waals surface area contributed by atoms with Crippen LogP contribution in [0.1, 0.15) is 0 Å². The van der Waals surface area contributed by atoms with Crippen LogP contribution < -0.4 is 0 Å². The lowest BCUT2D eigenvalue weighted by atomic mass is 10.8. The van der Waals surface area contributed by atoms with Crippen molar-refractivity contribution in [2.45, 2.75) is 19.6 Å². The fraction of sp³-hybridized carbons (Fsp3) is 0.800. The topological polar surface area (TPSA) is 26.3 Å². The van der Waals surface area contributed by atoms with E-state index in [0.717, 1.165) is 0 Å². The van der Waals surface area contributed by atoms with Gasteiger partial charge in [0.05, 0.1) is 0 Å². The summed E-state index contributed by atoms with van der Waals surface area (Å²) in [5.41, 5.74) is 0. The minimum atomic E-state index is -1.68. The second kappa shape index (κ2) is 3.22. The normalized spacial score (nSPS) is 11.1. The van der Waals surface area contributed by atoms with Gasteiger partial charge in [-0.25, -0.2) is 0 Å². The molecule has 0 aliphatic carbocycles. The fourth-order valence-electron chi connectivity index (χ4n) is 0.369. The van der Waals surface area contributed by atoms with E-state index in [2.05, 4.69) is 0 Å². The predicted molar refractivity (Wildman–Crippen MR) is 40.2 cm³/mol. The smallest absolute Gasteiger partial charge is 0.307 e. The molecule has 9 heavy (non-hydrogen) atoms. The predicted octanol–water partition coefficient (Wildman–Crippen LogP) is 1.60. The zero-order valence-corrected chi connectivity index (χ0v) is 7.66. The molecule has 0 aromatic carbocycles. The summed E-state index contributed by atoms with van der Waals surface area (Å²) in [4.78, 5) is 10.5. The number of rotatable bonds is 2. The average Bonchev–Trinajstić information content (AvgIpc) is 1.62. The van der Waals surface area contributed by atoms with E-state index in [0.29, 0.717) is 0 Å². The molecule has 0 fully saturated rings. The molecule has 0 atom stereocenters. The van der Waals surface area contributed by atoms with Crippen molar-refractivity contribution in [2.24, 2.45) is 0 Å². The van der Waals surface area contributed by atoms with Gasteiger partial charge in [0.1, 0.15) is 5.88 Å². The molecule has 0 radical (unpaired) electrons. The molecule has 0 saturated heterocycles. The van der Waals surface area contributed by atoms with Gasteiger partial charge in [0, 0.05) is 0 Å². The molecule has 0 aliphatic rings. The van der Waals surface area contributed by atoms with Gasteiger partial charge in [-0.15, -0.1) is 11.6 Å². The van der Waals surface area contributed by atoms with Crippen molar-refractivity contribution >= 4 is 25.9 Å². The van der Waals surface area contributed by atoms with Crippen LogP contribution >= 0.6 is 11.6 Å². The molecule has 0 amide bonds. The third kappa shape index (κ3) is 5.85. The van der Waals surface area contributed by atoms with Crippen molar-refractivity contribution in [2.75, 3.05) is 5.88 Å². The Kier molecular flexibility index (Phi) is 3.21. The molecule has 0 aromatic heterocycles.